The maximum Gasteiger partial charge on any atom is 0.109 e. The lowest BCUT2D eigenvalue weighted by Gasteiger charge is -2.27. The van der Waals surface area contributed by atoms with Crippen LogP contribution in [0, 0.1) is 0 Å². The van der Waals surface area contributed by atoms with E-state index in [0.29, 0.717) is 6.04 Å². The summed E-state index contributed by atoms with van der Waals surface area (Å²) in [5, 5.41) is 2.09. The molecule has 2 atom stereocenters. The summed E-state index contributed by atoms with van der Waals surface area (Å²) in [6, 6.07) is 4.81. The summed E-state index contributed by atoms with van der Waals surface area (Å²) >= 11 is 1.73. The summed E-state index contributed by atoms with van der Waals surface area (Å²) < 4.78 is 2.24. The Morgan fingerprint density at radius 3 is 3.19 bits per heavy atom. The summed E-state index contributed by atoms with van der Waals surface area (Å²) in [5.41, 5.74) is 7.16. The molecule has 2 unspecified atom stereocenters. The molecule has 0 radical (unpaired) electrons. The van der Waals surface area contributed by atoms with Crippen molar-refractivity contribution in [3.8, 4) is 10.6 Å². The molecule has 2 aromatic heterocycles. The number of nitrogens with two attached hydrogens (primary N) is 1. The van der Waals surface area contributed by atoms with Gasteiger partial charge in [0.05, 0.1) is 10.6 Å². The van der Waals surface area contributed by atoms with Gasteiger partial charge in [0.1, 0.15) is 5.82 Å². The third-order valence-corrected chi connectivity index (χ3v) is 4.23. The van der Waals surface area contributed by atoms with Gasteiger partial charge in [0.15, 0.2) is 0 Å². The fourth-order valence-electron chi connectivity index (χ4n) is 2.26. The van der Waals surface area contributed by atoms with Crippen molar-refractivity contribution in [3.63, 3.8) is 0 Å². The van der Waals surface area contributed by atoms with E-state index < -0.39 is 0 Å². The van der Waals surface area contributed by atoms with E-state index in [9.17, 15) is 0 Å². The molecule has 1 aliphatic heterocycles. The first-order valence-corrected chi connectivity index (χ1v) is 6.51. The number of fused-ring (bicyclic) bond motifs is 1. The molecular formula is C12H15N3S. The molecule has 0 saturated heterocycles. The topological polar surface area (TPSA) is 43.8 Å². The van der Waals surface area contributed by atoms with Gasteiger partial charge in [-0.3, -0.25) is 0 Å². The van der Waals surface area contributed by atoms with Crippen molar-refractivity contribution in [1.29, 1.82) is 0 Å². The Morgan fingerprint density at radius 2 is 2.44 bits per heavy atom. The van der Waals surface area contributed by atoms with Gasteiger partial charge in [-0.05, 0) is 24.8 Å². The van der Waals surface area contributed by atoms with Crippen molar-refractivity contribution >= 4 is 11.3 Å². The number of thiophene rings is 1. The minimum Gasteiger partial charge on any atom is -0.330 e. The van der Waals surface area contributed by atoms with E-state index in [-0.39, 0.29) is 6.04 Å². The standard InChI is InChI=1S/C12H15N3S/c1-8-9(13)4-5-12-14-10(7-15(8)12)11-3-2-6-16-11/h2-3,6-9H,4-5,13H2,1H3. The van der Waals surface area contributed by atoms with Crippen LogP contribution in [0.25, 0.3) is 10.6 Å². The number of aromatic nitrogens is 2. The Balaban J connectivity index is 2.04. The average Bonchev–Trinajstić information content (AvgIpc) is 2.91. The van der Waals surface area contributed by atoms with Gasteiger partial charge >= 0.3 is 0 Å². The summed E-state index contributed by atoms with van der Waals surface area (Å²) in [6.07, 6.45) is 4.18. The number of nitrogens with zero attached hydrogens (tertiary/aromatic N) is 2. The lowest BCUT2D eigenvalue weighted by atomic mass is 10.0. The van der Waals surface area contributed by atoms with E-state index in [4.69, 9.17) is 10.7 Å². The molecule has 3 nitrogen and oxygen atoms in total. The molecule has 1 aliphatic rings. The quantitative estimate of drug-likeness (QED) is 0.822. The molecule has 84 valence electrons. The van der Waals surface area contributed by atoms with E-state index in [2.05, 4.69) is 35.2 Å². The second-order valence-electron chi connectivity index (χ2n) is 4.37. The zero-order valence-corrected chi connectivity index (χ0v) is 10.1. The van der Waals surface area contributed by atoms with Crippen molar-refractivity contribution in [1.82, 2.24) is 9.55 Å². The Bertz CT molecular complexity index is 486. The third kappa shape index (κ3) is 1.49. The van der Waals surface area contributed by atoms with E-state index in [0.717, 1.165) is 18.5 Å². The normalized spacial score (nSPS) is 24.4. The van der Waals surface area contributed by atoms with Crippen molar-refractivity contribution in [2.75, 3.05) is 0 Å². The number of rotatable bonds is 1. The highest BCUT2D eigenvalue weighted by Gasteiger charge is 2.24. The molecule has 16 heavy (non-hydrogen) atoms. The molecule has 2 aromatic rings. The molecular weight excluding hydrogens is 218 g/mol. The second kappa shape index (κ2) is 3.71. The first-order valence-electron chi connectivity index (χ1n) is 5.63. The molecule has 0 saturated carbocycles. The molecule has 0 amide bonds. The first-order chi connectivity index (χ1) is 7.75. The van der Waals surface area contributed by atoms with Crippen LogP contribution in [0.5, 0.6) is 0 Å². The van der Waals surface area contributed by atoms with Gasteiger partial charge in [0.2, 0.25) is 0 Å². The van der Waals surface area contributed by atoms with Crippen LogP contribution >= 0.6 is 11.3 Å². The van der Waals surface area contributed by atoms with Crippen LogP contribution in [0.4, 0.5) is 0 Å². The van der Waals surface area contributed by atoms with Crippen LogP contribution in [0.15, 0.2) is 23.7 Å². The van der Waals surface area contributed by atoms with Crippen molar-refractivity contribution in [2.24, 2.45) is 5.73 Å². The Hall–Kier alpha value is -1.13. The SMILES string of the molecule is CC1C(N)CCc2nc(-c3cccs3)cn21. The van der Waals surface area contributed by atoms with Gasteiger partial charge in [-0.1, -0.05) is 6.07 Å². The number of hydrogen-bond donors (Lipinski definition) is 1. The van der Waals surface area contributed by atoms with Gasteiger partial charge < -0.3 is 10.3 Å². The fraction of sp³-hybridized carbons (Fsp3) is 0.417. The van der Waals surface area contributed by atoms with Gasteiger partial charge in [-0.15, -0.1) is 11.3 Å². The summed E-state index contributed by atoms with van der Waals surface area (Å²) in [4.78, 5) is 5.93. The van der Waals surface area contributed by atoms with Crippen LogP contribution in [0.3, 0.4) is 0 Å². The second-order valence-corrected chi connectivity index (χ2v) is 5.32. The monoisotopic (exact) mass is 233 g/mol. The highest BCUT2D eigenvalue weighted by molar-refractivity contribution is 7.13. The average molecular weight is 233 g/mol. The van der Waals surface area contributed by atoms with Crippen molar-refractivity contribution in [3.05, 3.63) is 29.5 Å². The summed E-state index contributed by atoms with van der Waals surface area (Å²) in [5.74, 6) is 1.18. The van der Waals surface area contributed by atoms with E-state index in [1.165, 1.54) is 10.7 Å². The smallest absolute Gasteiger partial charge is 0.109 e. The van der Waals surface area contributed by atoms with Crippen LogP contribution < -0.4 is 5.73 Å². The summed E-state index contributed by atoms with van der Waals surface area (Å²) in [6.45, 7) is 2.17. The van der Waals surface area contributed by atoms with Gasteiger partial charge in [0, 0.05) is 24.7 Å². The van der Waals surface area contributed by atoms with E-state index in [1.54, 1.807) is 11.3 Å². The van der Waals surface area contributed by atoms with E-state index in [1.807, 2.05) is 0 Å². The van der Waals surface area contributed by atoms with Crippen molar-refractivity contribution < 1.29 is 0 Å². The van der Waals surface area contributed by atoms with Gasteiger partial charge in [0.25, 0.3) is 0 Å². The molecule has 3 heterocycles. The van der Waals surface area contributed by atoms with Gasteiger partial charge in [-0.2, -0.15) is 0 Å². The zero-order valence-electron chi connectivity index (χ0n) is 9.26. The predicted octanol–water partition coefficient (Wildman–Crippen LogP) is 2.45. The van der Waals surface area contributed by atoms with Crippen LogP contribution in [-0.4, -0.2) is 15.6 Å². The highest BCUT2D eigenvalue weighted by Crippen LogP contribution is 2.29. The Labute approximate surface area is 98.9 Å². The maximum atomic E-state index is 6.08. The minimum atomic E-state index is 0.262. The fourth-order valence-corrected chi connectivity index (χ4v) is 2.94. The maximum absolute atomic E-state index is 6.08. The first kappa shape index (κ1) is 10.1. The molecule has 0 aromatic carbocycles. The minimum absolute atomic E-state index is 0.262. The lowest BCUT2D eigenvalue weighted by molar-refractivity contribution is 0.368. The largest absolute Gasteiger partial charge is 0.330 e. The summed E-state index contributed by atoms with van der Waals surface area (Å²) in [7, 11) is 0. The van der Waals surface area contributed by atoms with Crippen LogP contribution in [0.2, 0.25) is 0 Å². The molecule has 0 bridgehead atoms. The van der Waals surface area contributed by atoms with E-state index >= 15 is 0 Å². The zero-order chi connectivity index (χ0) is 11.1. The van der Waals surface area contributed by atoms with Gasteiger partial charge in [-0.25, -0.2) is 4.98 Å². The molecule has 0 spiro atoms. The number of aryl methyl sites for hydroxylation is 1. The van der Waals surface area contributed by atoms with Crippen LogP contribution in [-0.2, 0) is 6.42 Å². The molecule has 3 rings (SSSR count). The highest BCUT2D eigenvalue weighted by atomic mass is 32.1. The third-order valence-electron chi connectivity index (χ3n) is 3.34. The lowest BCUT2D eigenvalue weighted by Crippen LogP contribution is -2.35. The molecule has 0 aliphatic carbocycles. The predicted molar refractivity (Wildman–Crippen MR) is 66.5 cm³/mol. The number of hydrogen-bond acceptors (Lipinski definition) is 3. The molecule has 2 N–H and O–H groups in total. The van der Waals surface area contributed by atoms with Crippen molar-refractivity contribution in [2.45, 2.75) is 31.8 Å². The number of imidazole rings is 1. The Morgan fingerprint density at radius 1 is 1.56 bits per heavy atom. The Kier molecular flexibility index (Phi) is 2.33. The molecule has 0 fully saturated rings. The molecule has 4 heteroatoms. The van der Waals surface area contributed by atoms with Crippen LogP contribution in [0.1, 0.15) is 25.2 Å².